The molecule has 0 fully saturated rings. The molecule has 0 aromatic heterocycles. The first kappa shape index (κ1) is 16.3. The molecule has 0 aliphatic rings. The average molecular weight is 330 g/mol. The number of hydrogen-bond acceptors (Lipinski definition) is 3. The van der Waals surface area contributed by atoms with Gasteiger partial charge in [0, 0.05) is 22.3 Å². The van der Waals surface area contributed by atoms with E-state index >= 15 is 0 Å². The number of aromatic carboxylic acids is 1. The molecule has 3 rings (SSSR count). The first-order chi connectivity index (χ1) is 12.1. The maximum absolute atomic E-state index is 12.8. The molecule has 0 bridgehead atoms. The predicted octanol–water partition coefficient (Wildman–Crippen LogP) is 3.85. The number of ketones is 2. The molecule has 122 valence electrons. The van der Waals surface area contributed by atoms with E-state index in [-0.39, 0.29) is 28.3 Å². The van der Waals surface area contributed by atoms with E-state index in [1.54, 1.807) is 60.7 Å². The van der Waals surface area contributed by atoms with E-state index in [0.717, 1.165) is 0 Å². The van der Waals surface area contributed by atoms with Gasteiger partial charge in [-0.15, -0.1) is 0 Å². The molecule has 0 radical (unpaired) electrons. The molecule has 0 saturated carbocycles. The van der Waals surface area contributed by atoms with E-state index < -0.39 is 5.97 Å². The molecule has 3 aromatic carbocycles. The highest BCUT2D eigenvalue weighted by Gasteiger charge is 2.21. The first-order valence-electron chi connectivity index (χ1n) is 7.65. The molecule has 25 heavy (non-hydrogen) atoms. The van der Waals surface area contributed by atoms with Crippen LogP contribution in [-0.2, 0) is 0 Å². The lowest BCUT2D eigenvalue weighted by Crippen LogP contribution is -2.13. The normalized spacial score (nSPS) is 10.2. The Bertz CT molecular complexity index is 944. The molecule has 0 atom stereocenters. The standard InChI is InChI=1S/C21H14O4/c22-19(14-7-3-1-4-8-14)17-12-11-16(21(24)25)13-18(17)20(23)15-9-5-2-6-10-15/h1-13H,(H,24,25). The maximum atomic E-state index is 12.8. The van der Waals surface area contributed by atoms with Crippen LogP contribution < -0.4 is 0 Å². The zero-order valence-electron chi connectivity index (χ0n) is 13.2. The van der Waals surface area contributed by atoms with Crippen LogP contribution in [0, 0.1) is 0 Å². The zero-order valence-corrected chi connectivity index (χ0v) is 13.2. The molecule has 4 nitrogen and oxygen atoms in total. The molecule has 0 heterocycles. The summed E-state index contributed by atoms with van der Waals surface area (Å²) in [5.74, 6) is -1.86. The van der Waals surface area contributed by atoms with Crippen LogP contribution in [0.4, 0.5) is 0 Å². The lowest BCUT2D eigenvalue weighted by atomic mass is 9.92. The van der Waals surface area contributed by atoms with Gasteiger partial charge in [-0.2, -0.15) is 0 Å². The Balaban J connectivity index is 2.14. The third-order valence-corrected chi connectivity index (χ3v) is 3.83. The molecule has 0 spiro atoms. The topological polar surface area (TPSA) is 71.4 Å². The summed E-state index contributed by atoms with van der Waals surface area (Å²) in [5.41, 5.74) is 1.06. The SMILES string of the molecule is O=C(O)c1ccc(C(=O)c2ccccc2)c(C(=O)c2ccccc2)c1. The van der Waals surface area contributed by atoms with Crippen molar-refractivity contribution in [2.45, 2.75) is 0 Å². The van der Waals surface area contributed by atoms with Gasteiger partial charge in [0.15, 0.2) is 11.6 Å². The van der Waals surface area contributed by atoms with Gasteiger partial charge in [0.25, 0.3) is 0 Å². The van der Waals surface area contributed by atoms with E-state index in [4.69, 9.17) is 0 Å². The van der Waals surface area contributed by atoms with E-state index in [2.05, 4.69) is 0 Å². The highest BCUT2D eigenvalue weighted by molar-refractivity contribution is 6.20. The second-order valence-electron chi connectivity index (χ2n) is 5.46. The summed E-state index contributed by atoms with van der Waals surface area (Å²) in [4.78, 5) is 36.9. The van der Waals surface area contributed by atoms with Crippen molar-refractivity contribution in [3.8, 4) is 0 Å². The van der Waals surface area contributed by atoms with Crippen LogP contribution in [0.2, 0.25) is 0 Å². The monoisotopic (exact) mass is 330 g/mol. The zero-order chi connectivity index (χ0) is 17.8. The third-order valence-electron chi connectivity index (χ3n) is 3.83. The van der Waals surface area contributed by atoms with Gasteiger partial charge in [0.1, 0.15) is 0 Å². The van der Waals surface area contributed by atoms with E-state index in [9.17, 15) is 19.5 Å². The van der Waals surface area contributed by atoms with Gasteiger partial charge in [-0.1, -0.05) is 60.7 Å². The summed E-state index contributed by atoms with van der Waals surface area (Å²) in [6.45, 7) is 0. The number of carbonyl (C=O) groups excluding carboxylic acids is 2. The smallest absolute Gasteiger partial charge is 0.335 e. The summed E-state index contributed by atoms with van der Waals surface area (Å²) < 4.78 is 0. The Kier molecular flexibility index (Phi) is 4.53. The van der Waals surface area contributed by atoms with Crippen LogP contribution >= 0.6 is 0 Å². The Labute approximate surface area is 144 Å². The van der Waals surface area contributed by atoms with Crippen molar-refractivity contribution in [1.82, 2.24) is 0 Å². The predicted molar refractivity (Wildman–Crippen MR) is 93.2 cm³/mol. The summed E-state index contributed by atoms with van der Waals surface area (Å²) in [6.07, 6.45) is 0. The Morgan fingerprint density at radius 2 is 1.04 bits per heavy atom. The Morgan fingerprint density at radius 1 is 0.560 bits per heavy atom. The van der Waals surface area contributed by atoms with Gasteiger partial charge < -0.3 is 5.11 Å². The van der Waals surface area contributed by atoms with Crippen molar-refractivity contribution in [2.75, 3.05) is 0 Å². The van der Waals surface area contributed by atoms with E-state index in [0.29, 0.717) is 11.1 Å². The quantitative estimate of drug-likeness (QED) is 0.721. The van der Waals surface area contributed by atoms with Crippen molar-refractivity contribution in [3.05, 3.63) is 107 Å². The molecule has 1 N–H and O–H groups in total. The molecule has 0 amide bonds. The minimum absolute atomic E-state index is 0.0381. The van der Waals surface area contributed by atoms with Crippen LogP contribution in [0.15, 0.2) is 78.9 Å². The maximum Gasteiger partial charge on any atom is 0.335 e. The molecule has 0 unspecified atom stereocenters. The lowest BCUT2D eigenvalue weighted by molar-refractivity contribution is 0.0696. The lowest BCUT2D eigenvalue weighted by Gasteiger charge is -2.10. The number of carboxylic acids is 1. The van der Waals surface area contributed by atoms with Gasteiger partial charge in [0.05, 0.1) is 5.56 Å². The minimum Gasteiger partial charge on any atom is -0.478 e. The fourth-order valence-corrected chi connectivity index (χ4v) is 2.55. The summed E-state index contributed by atoms with van der Waals surface area (Å²) in [5, 5.41) is 9.21. The number of carboxylic acid groups (broad SMARTS) is 1. The first-order valence-corrected chi connectivity index (χ1v) is 7.65. The molecule has 4 heteroatoms. The highest BCUT2D eigenvalue weighted by Crippen LogP contribution is 2.20. The van der Waals surface area contributed by atoms with Crippen LogP contribution in [0.3, 0.4) is 0 Å². The second kappa shape index (κ2) is 6.93. The third kappa shape index (κ3) is 3.38. The summed E-state index contributed by atoms with van der Waals surface area (Å²) in [7, 11) is 0. The van der Waals surface area contributed by atoms with Crippen molar-refractivity contribution in [3.63, 3.8) is 0 Å². The fourth-order valence-electron chi connectivity index (χ4n) is 2.55. The van der Waals surface area contributed by atoms with Gasteiger partial charge in [-0.05, 0) is 18.2 Å². The van der Waals surface area contributed by atoms with Crippen molar-refractivity contribution >= 4 is 17.5 Å². The van der Waals surface area contributed by atoms with Crippen LogP contribution in [0.1, 0.15) is 42.2 Å². The largest absolute Gasteiger partial charge is 0.478 e. The number of rotatable bonds is 5. The van der Waals surface area contributed by atoms with E-state index in [1.807, 2.05) is 0 Å². The highest BCUT2D eigenvalue weighted by atomic mass is 16.4. The molecule has 0 aliphatic carbocycles. The molecular weight excluding hydrogens is 316 g/mol. The van der Waals surface area contributed by atoms with Gasteiger partial charge in [0.2, 0.25) is 0 Å². The number of carbonyl (C=O) groups is 3. The molecular formula is C21H14O4. The molecule has 0 saturated heterocycles. The average Bonchev–Trinajstić information content (AvgIpc) is 2.67. The second-order valence-corrected chi connectivity index (χ2v) is 5.46. The van der Waals surface area contributed by atoms with Crippen LogP contribution in [-0.4, -0.2) is 22.6 Å². The van der Waals surface area contributed by atoms with Gasteiger partial charge >= 0.3 is 5.97 Å². The van der Waals surface area contributed by atoms with E-state index in [1.165, 1.54) is 18.2 Å². The summed E-state index contributed by atoms with van der Waals surface area (Å²) >= 11 is 0. The van der Waals surface area contributed by atoms with Crippen LogP contribution in [0.25, 0.3) is 0 Å². The number of hydrogen-bond donors (Lipinski definition) is 1. The Morgan fingerprint density at radius 3 is 1.52 bits per heavy atom. The number of benzene rings is 3. The van der Waals surface area contributed by atoms with Gasteiger partial charge in [-0.25, -0.2) is 4.79 Å². The van der Waals surface area contributed by atoms with Crippen molar-refractivity contribution < 1.29 is 19.5 Å². The van der Waals surface area contributed by atoms with Crippen molar-refractivity contribution in [1.29, 1.82) is 0 Å². The summed E-state index contributed by atoms with van der Waals surface area (Å²) in [6, 6.07) is 21.0. The Hall–Kier alpha value is -3.53. The molecule has 0 aliphatic heterocycles. The molecule has 3 aromatic rings. The minimum atomic E-state index is -1.15. The van der Waals surface area contributed by atoms with Crippen molar-refractivity contribution in [2.24, 2.45) is 0 Å². The fraction of sp³-hybridized carbons (Fsp3) is 0. The van der Waals surface area contributed by atoms with Gasteiger partial charge in [-0.3, -0.25) is 9.59 Å². The van der Waals surface area contributed by atoms with Crippen LogP contribution in [0.5, 0.6) is 0 Å².